The van der Waals surface area contributed by atoms with Gasteiger partial charge in [0, 0.05) is 25.2 Å². The van der Waals surface area contributed by atoms with Crippen LogP contribution in [0.1, 0.15) is 52.5 Å². The Morgan fingerprint density at radius 3 is 2.21 bits per heavy atom. The summed E-state index contributed by atoms with van der Waals surface area (Å²) in [6.07, 6.45) is 6.04. The minimum absolute atomic E-state index is 0.963. The highest BCUT2D eigenvalue weighted by atomic mass is 15.2. The molecule has 0 radical (unpaired) electrons. The molecule has 0 fully saturated rings. The Hall–Kier alpha value is -1.32. The Kier molecular flexibility index (Phi) is 7.23. The average Bonchev–Trinajstić information content (AvgIpc) is 2.44. The van der Waals surface area contributed by atoms with Crippen LogP contribution in [0, 0.1) is 0 Å². The molecule has 1 N–H and O–H groups in total. The molecular weight excluding hydrogens is 236 g/mol. The quantitative estimate of drug-likeness (QED) is 0.741. The summed E-state index contributed by atoms with van der Waals surface area (Å²) in [5.74, 6) is 2.12. The number of aromatic nitrogens is 2. The predicted molar refractivity (Wildman–Crippen MR) is 83.0 cm³/mol. The lowest BCUT2D eigenvalue weighted by Crippen LogP contribution is -2.27. The molecule has 0 aliphatic carbocycles. The standard InChI is InChI=1S/C15H28N4/c1-5-9-16-14-13(8-4)15(18-12-17-14)19(10-6-2)11-7-3/h12H,5-11H2,1-4H3,(H,16,17,18). The SMILES string of the molecule is CCCNc1ncnc(N(CCC)CCC)c1CC. The maximum absolute atomic E-state index is 4.53. The summed E-state index contributed by atoms with van der Waals surface area (Å²) in [5.41, 5.74) is 1.25. The highest BCUT2D eigenvalue weighted by molar-refractivity contribution is 5.58. The van der Waals surface area contributed by atoms with Gasteiger partial charge in [0.2, 0.25) is 0 Å². The van der Waals surface area contributed by atoms with E-state index in [2.05, 4.69) is 47.9 Å². The molecule has 0 saturated carbocycles. The van der Waals surface area contributed by atoms with E-state index < -0.39 is 0 Å². The van der Waals surface area contributed by atoms with Crippen LogP contribution >= 0.6 is 0 Å². The van der Waals surface area contributed by atoms with Gasteiger partial charge in [0.05, 0.1) is 0 Å². The molecule has 1 heterocycles. The van der Waals surface area contributed by atoms with Crippen molar-refractivity contribution in [2.45, 2.75) is 53.4 Å². The minimum atomic E-state index is 0.963. The molecule has 0 bridgehead atoms. The molecular formula is C15H28N4. The summed E-state index contributed by atoms with van der Waals surface area (Å²) < 4.78 is 0. The van der Waals surface area contributed by atoms with Crippen LogP contribution in [0.15, 0.2) is 6.33 Å². The van der Waals surface area contributed by atoms with Crippen LogP contribution in [0.5, 0.6) is 0 Å². The van der Waals surface area contributed by atoms with Gasteiger partial charge in [-0.2, -0.15) is 0 Å². The Morgan fingerprint density at radius 1 is 1.00 bits per heavy atom. The second-order valence-electron chi connectivity index (χ2n) is 4.79. The smallest absolute Gasteiger partial charge is 0.137 e. The Labute approximate surface area is 117 Å². The largest absolute Gasteiger partial charge is 0.370 e. The number of nitrogens with one attached hydrogen (secondary N) is 1. The first-order chi connectivity index (χ1) is 9.28. The fraction of sp³-hybridized carbons (Fsp3) is 0.733. The molecule has 4 heteroatoms. The summed E-state index contributed by atoms with van der Waals surface area (Å²) in [5, 5.41) is 3.42. The molecule has 0 atom stereocenters. The van der Waals surface area contributed by atoms with Gasteiger partial charge in [-0.1, -0.05) is 27.7 Å². The molecule has 1 rings (SSSR count). The molecule has 0 spiro atoms. The van der Waals surface area contributed by atoms with E-state index in [0.29, 0.717) is 0 Å². The van der Waals surface area contributed by atoms with E-state index in [0.717, 1.165) is 57.0 Å². The predicted octanol–water partition coefficient (Wildman–Crippen LogP) is 3.49. The average molecular weight is 264 g/mol. The van der Waals surface area contributed by atoms with Gasteiger partial charge >= 0.3 is 0 Å². The third kappa shape index (κ3) is 4.37. The van der Waals surface area contributed by atoms with Gasteiger partial charge in [0.25, 0.3) is 0 Å². The fourth-order valence-corrected chi connectivity index (χ4v) is 2.26. The van der Waals surface area contributed by atoms with E-state index in [4.69, 9.17) is 0 Å². The summed E-state index contributed by atoms with van der Waals surface area (Å²) in [7, 11) is 0. The molecule has 0 aliphatic rings. The van der Waals surface area contributed by atoms with Gasteiger partial charge in [-0.25, -0.2) is 9.97 Å². The van der Waals surface area contributed by atoms with Crippen molar-refractivity contribution in [1.82, 2.24) is 9.97 Å². The lowest BCUT2D eigenvalue weighted by molar-refractivity contribution is 0.726. The lowest BCUT2D eigenvalue weighted by Gasteiger charge is -2.25. The van der Waals surface area contributed by atoms with Crippen LogP contribution in [-0.4, -0.2) is 29.6 Å². The van der Waals surface area contributed by atoms with Crippen molar-refractivity contribution in [2.24, 2.45) is 0 Å². The van der Waals surface area contributed by atoms with E-state index in [1.54, 1.807) is 6.33 Å². The Bertz CT molecular complexity index is 359. The third-order valence-corrected chi connectivity index (χ3v) is 3.11. The molecule has 4 nitrogen and oxygen atoms in total. The van der Waals surface area contributed by atoms with Crippen molar-refractivity contribution in [3.63, 3.8) is 0 Å². The molecule has 0 aliphatic heterocycles. The lowest BCUT2D eigenvalue weighted by atomic mass is 10.2. The van der Waals surface area contributed by atoms with Crippen molar-refractivity contribution in [3.8, 4) is 0 Å². The molecule has 0 amide bonds. The third-order valence-electron chi connectivity index (χ3n) is 3.11. The fourth-order valence-electron chi connectivity index (χ4n) is 2.26. The molecule has 0 aromatic carbocycles. The number of hydrogen-bond donors (Lipinski definition) is 1. The first-order valence-electron chi connectivity index (χ1n) is 7.61. The summed E-state index contributed by atoms with van der Waals surface area (Å²) in [4.78, 5) is 11.3. The van der Waals surface area contributed by atoms with Gasteiger partial charge in [-0.05, 0) is 25.7 Å². The summed E-state index contributed by atoms with van der Waals surface area (Å²) in [6, 6.07) is 0. The second-order valence-corrected chi connectivity index (χ2v) is 4.79. The monoisotopic (exact) mass is 264 g/mol. The van der Waals surface area contributed by atoms with E-state index in [1.165, 1.54) is 5.56 Å². The molecule has 108 valence electrons. The maximum Gasteiger partial charge on any atom is 0.137 e. The first-order valence-corrected chi connectivity index (χ1v) is 7.61. The summed E-state index contributed by atoms with van der Waals surface area (Å²) >= 11 is 0. The van der Waals surface area contributed by atoms with Crippen LogP contribution in [0.2, 0.25) is 0 Å². The highest BCUT2D eigenvalue weighted by Crippen LogP contribution is 2.24. The second kappa shape index (κ2) is 8.73. The van der Waals surface area contributed by atoms with E-state index in [-0.39, 0.29) is 0 Å². The van der Waals surface area contributed by atoms with Crippen LogP contribution in [0.4, 0.5) is 11.6 Å². The van der Waals surface area contributed by atoms with Crippen LogP contribution < -0.4 is 10.2 Å². The van der Waals surface area contributed by atoms with Crippen molar-refractivity contribution in [3.05, 3.63) is 11.9 Å². The zero-order valence-electron chi connectivity index (χ0n) is 12.9. The number of rotatable bonds is 9. The zero-order valence-corrected chi connectivity index (χ0v) is 12.9. The molecule has 1 aromatic heterocycles. The minimum Gasteiger partial charge on any atom is -0.370 e. The molecule has 1 aromatic rings. The van der Waals surface area contributed by atoms with Gasteiger partial charge in [-0.15, -0.1) is 0 Å². The topological polar surface area (TPSA) is 41.1 Å². The van der Waals surface area contributed by atoms with Crippen molar-refractivity contribution >= 4 is 11.6 Å². The normalized spacial score (nSPS) is 10.5. The number of hydrogen-bond acceptors (Lipinski definition) is 4. The molecule has 0 unspecified atom stereocenters. The van der Waals surface area contributed by atoms with Gasteiger partial charge < -0.3 is 10.2 Å². The van der Waals surface area contributed by atoms with Gasteiger partial charge in [-0.3, -0.25) is 0 Å². The van der Waals surface area contributed by atoms with Gasteiger partial charge in [0.1, 0.15) is 18.0 Å². The highest BCUT2D eigenvalue weighted by Gasteiger charge is 2.14. The first kappa shape index (κ1) is 15.7. The molecule has 19 heavy (non-hydrogen) atoms. The Balaban J connectivity index is 3.02. The summed E-state index contributed by atoms with van der Waals surface area (Å²) in [6.45, 7) is 11.9. The maximum atomic E-state index is 4.53. The van der Waals surface area contributed by atoms with E-state index in [9.17, 15) is 0 Å². The van der Waals surface area contributed by atoms with Gasteiger partial charge in [0.15, 0.2) is 0 Å². The van der Waals surface area contributed by atoms with E-state index in [1.807, 2.05) is 0 Å². The van der Waals surface area contributed by atoms with Crippen LogP contribution in [0.3, 0.4) is 0 Å². The van der Waals surface area contributed by atoms with Crippen molar-refractivity contribution in [2.75, 3.05) is 29.9 Å². The van der Waals surface area contributed by atoms with E-state index >= 15 is 0 Å². The Morgan fingerprint density at radius 2 is 1.68 bits per heavy atom. The van der Waals surface area contributed by atoms with Crippen LogP contribution in [0.25, 0.3) is 0 Å². The van der Waals surface area contributed by atoms with Crippen molar-refractivity contribution in [1.29, 1.82) is 0 Å². The number of nitrogens with zero attached hydrogens (tertiary/aromatic N) is 3. The van der Waals surface area contributed by atoms with Crippen LogP contribution in [-0.2, 0) is 6.42 Å². The van der Waals surface area contributed by atoms with Crippen molar-refractivity contribution < 1.29 is 0 Å². The zero-order chi connectivity index (χ0) is 14.1. The molecule has 0 saturated heterocycles. The number of anilines is 2.